The first-order valence-corrected chi connectivity index (χ1v) is 10.9. The van der Waals surface area contributed by atoms with Crippen LogP contribution in [0.5, 0.6) is 5.75 Å². The predicted molar refractivity (Wildman–Crippen MR) is 119 cm³/mol. The van der Waals surface area contributed by atoms with E-state index in [2.05, 4.69) is 6.07 Å². The average molecular weight is 461 g/mol. The molecule has 2 saturated heterocycles. The largest absolute Gasteiger partial charge is 0.494 e. The van der Waals surface area contributed by atoms with E-state index in [1.54, 1.807) is 55.5 Å². The number of ether oxygens (including phenoxy) is 3. The van der Waals surface area contributed by atoms with Gasteiger partial charge in [-0.15, -0.1) is 0 Å². The normalized spacial score (nSPS) is 29.3. The summed E-state index contributed by atoms with van der Waals surface area (Å²) < 4.78 is 18.1. The van der Waals surface area contributed by atoms with E-state index in [0.29, 0.717) is 28.5 Å². The third-order valence-corrected chi connectivity index (χ3v) is 6.82. The number of halogens is 1. The van der Waals surface area contributed by atoms with Gasteiger partial charge in [0.25, 0.3) is 0 Å². The zero-order chi connectivity index (χ0) is 23.9. The summed E-state index contributed by atoms with van der Waals surface area (Å²) in [5.41, 5.74) is -2.82. The Labute approximate surface area is 197 Å². The first-order valence-electron chi connectivity index (χ1n) is 10.5. The maximum atomic E-state index is 10.3. The summed E-state index contributed by atoms with van der Waals surface area (Å²) in [5, 5.41) is 40.1. The van der Waals surface area contributed by atoms with Crippen LogP contribution >= 0.6 is 11.6 Å². The second-order valence-electron chi connectivity index (χ2n) is 8.19. The molecule has 0 aliphatic carbocycles. The van der Waals surface area contributed by atoms with Gasteiger partial charge in [-0.25, -0.2) is 0 Å². The molecule has 1 N–H and O–H groups in total. The number of nitrogens with one attached hydrogen (secondary N) is 1. The molecule has 2 aromatic rings. The molecule has 7 nitrogen and oxygen atoms in total. The lowest BCUT2D eigenvalue weighted by Crippen LogP contribution is -2.57. The molecule has 0 saturated carbocycles. The molecular weight excluding hydrogens is 440 g/mol. The average Bonchev–Trinajstić information content (AvgIpc) is 3.00. The fourth-order valence-electron chi connectivity index (χ4n) is 4.81. The summed E-state index contributed by atoms with van der Waals surface area (Å²) in [4.78, 5) is 0. The van der Waals surface area contributed by atoms with Crippen LogP contribution in [0.15, 0.2) is 48.5 Å². The SMILES string of the molecule is CCCOc1ccc(C2OC3(c4ccc(Cl)cc4)OC(=N)C(C#N)(C3C)C2(C#N)C#N)cc1. The van der Waals surface area contributed by atoms with Gasteiger partial charge in [0.2, 0.25) is 17.1 Å². The predicted octanol–water partition coefficient (Wildman–Crippen LogP) is 5.24. The smallest absolute Gasteiger partial charge is 0.244 e. The van der Waals surface area contributed by atoms with Crippen LogP contribution in [-0.4, -0.2) is 12.5 Å². The van der Waals surface area contributed by atoms with Crippen LogP contribution in [-0.2, 0) is 15.3 Å². The minimum absolute atomic E-state index is 0.457. The Hall–Kier alpha value is -3.57. The van der Waals surface area contributed by atoms with E-state index >= 15 is 0 Å². The molecule has 2 aromatic carbocycles. The number of benzene rings is 2. The van der Waals surface area contributed by atoms with Crippen LogP contribution in [0.25, 0.3) is 0 Å². The highest BCUT2D eigenvalue weighted by molar-refractivity contribution is 6.30. The molecule has 2 fully saturated rings. The summed E-state index contributed by atoms with van der Waals surface area (Å²) in [5.74, 6) is -2.19. The maximum absolute atomic E-state index is 10.3. The van der Waals surface area contributed by atoms with Crippen molar-refractivity contribution in [3.05, 3.63) is 64.7 Å². The van der Waals surface area contributed by atoms with Gasteiger partial charge in [-0.05, 0) is 36.2 Å². The Morgan fingerprint density at radius 2 is 1.67 bits per heavy atom. The number of nitriles is 3. The molecule has 2 bridgehead atoms. The van der Waals surface area contributed by atoms with Gasteiger partial charge in [0, 0.05) is 10.6 Å². The first kappa shape index (κ1) is 22.6. The second-order valence-corrected chi connectivity index (χ2v) is 8.63. The van der Waals surface area contributed by atoms with E-state index in [1.165, 1.54) is 0 Å². The number of hydrogen-bond donors (Lipinski definition) is 1. The van der Waals surface area contributed by atoms with E-state index in [1.807, 2.05) is 19.1 Å². The lowest BCUT2D eigenvalue weighted by atomic mass is 9.53. The van der Waals surface area contributed by atoms with Crippen molar-refractivity contribution in [2.24, 2.45) is 16.7 Å². The second kappa shape index (κ2) is 8.09. The fraction of sp³-hybridized carbons (Fsp3) is 0.360. The molecule has 0 aromatic heterocycles. The standard InChI is InChI=1S/C25H21ClN4O3/c1-3-12-31-20-10-4-17(5-11-20)21-23(13-27,14-28)24(15-29)16(2)25(32-21,33-22(24)30)18-6-8-19(26)9-7-18/h4-11,16,21,30H,3,12H2,1-2H3. The Kier molecular flexibility index (Phi) is 5.54. The number of hydrogen-bond acceptors (Lipinski definition) is 7. The van der Waals surface area contributed by atoms with Gasteiger partial charge in [-0.2, -0.15) is 15.8 Å². The Morgan fingerprint density at radius 3 is 2.21 bits per heavy atom. The Morgan fingerprint density at radius 1 is 1.03 bits per heavy atom. The maximum Gasteiger partial charge on any atom is 0.244 e. The van der Waals surface area contributed by atoms with Crippen LogP contribution in [0, 0.1) is 56.2 Å². The van der Waals surface area contributed by atoms with Crippen molar-refractivity contribution >= 4 is 17.5 Å². The third kappa shape index (κ3) is 2.92. The van der Waals surface area contributed by atoms with Crippen molar-refractivity contribution in [3.63, 3.8) is 0 Å². The minimum atomic E-state index is -2.02. The molecule has 33 heavy (non-hydrogen) atoms. The lowest BCUT2D eigenvalue weighted by molar-refractivity contribution is -0.288. The van der Waals surface area contributed by atoms with Gasteiger partial charge < -0.3 is 14.2 Å². The number of fused-ring (bicyclic) bond motifs is 2. The van der Waals surface area contributed by atoms with Gasteiger partial charge in [0.05, 0.1) is 30.7 Å². The zero-order valence-corrected chi connectivity index (χ0v) is 18.9. The summed E-state index contributed by atoms with van der Waals surface area (Å²) in [6, 6.07) is 19.8. The molecule has 0 spiro atoms. The van der Waals surface area contributed by atoms with E-state index in [0.717, 1.165) is 6.42 Å². The minimum Gasteiger partial charge on any atom is -0.494 e. The van der Waals surface area contributed by atoms with Gasteiger partial charge in [-0.3, -0.25) is 5.41 Å². The van der Waals surface area contributed by atoms with Crippen molar-refractivity contribution in [2.75, 3.05) is 6.61 Å². The highest BCUT2D eigenvalue weighted by Crippen LogP contribution is 2.69. The molecule has 0 radical (unpaired) electrons. The number of rotatable bonds is 5. The molecule has 166 valence electrons. The molecular formula is C25H21ClN4O3. The van der Waals surface area contributed by atoms with Crippen LogP contribution in [0.4, 0.5) is 0 Å². The summed E-state index contributed by atoms with van der Waals surface area (Å²) in [6.07, 6.45) is -0.312. The lowest BCUT2D eigenvalue weighted by Gasteiger charge is -2.48. The van der Waals surface area contributed by atoms with Crippen molar-refractivity contribution in [2.45, 2.75) is 32.2 Å². The van der Waals surface area contributed by atoms with Crippen molar-refractivity contribution < 1.29 is 14.2 Å². The van der Waals surface area contributed by atoms with Gasteiger partial charge in [-0.1, -0.05) is 49.7 Å². The molecule has 2 aliphatic rings. The molecule has 4 rings (SSSR count). The van der Waals surface area contributed by atoms with Crippen molar-refractivity contribution in [1.29, 1.82) is 21.2 Å². The third-order valence-electron chi connectivity index (χ3n) is 6.57. The quantitative estimate of drug-likeness (QED) is 0.650. The molecule has 4 unspecified atom stereocenters. The van der Waals surface area contributed by atoms with E-state index in [9.17, 15) is 15.8 Å². The van der Waals surface area contributed by atoms with Gasteiger partial charge in [0.1, 0.15) is 11.9 Å². The summed E-state index contributed by atoms with van der Waals surface area (Å²) in [6.45, 7) is 4.22. The Bertz CT molecular complexity index is 1190. The topological polar surface area (TPSA) is 123 Å². The summed E-state index contributed by atoms with van der Waals surface area (Å²) in [7, 11) is 0. The monoisotopic (exact) mass is 460 g/mol. The van der Waals surface area contributed by atoms with Crippen LogP contribution < -0.4 is 4.74 Å². The summed E-state index contributed by atoms with van der Waals surface area (Å²) >= 11 is 6.06. The van der Waals surface area contributed by atoms with E-state index in [4.69, 9.17) is 31.2 Å². The van der Waals surface area contributed by atoms with Crippen molar-refractivity contribution in [3.8, 4) is 24.0 Å². The molecule has 8 heteroatoms. The highest BCUT2D eigenvalue weighted by atomic mass is 35.5. The Balaban J connectivity index is 1.92. The first-order chi connectivity index (χ1) is 15.8. The molecule has 2 aliphatic heterocycles. The van der Waals surface area contributed by atoms with E-state index < -0.39 is 34.5 Å². The van der Waals surface area contributed by atoms with Crippen LogP contribution in [0.2, 0.25) is 5.02 Å². The molecule has 0 amide bonds. The van der Waals surface area contributed by atoms with E-state index in [-0.39, 0.29) is 0 Å². The van der Waals surface area contributed by atoms with Gasteiger partial charge in [0.15, 0.2) is 5.41 Å². The highest BCUT2D eigenvalue weighted by Gasteiger charge is 2.79. The van der Waals surface area contributed by atoms with Crippen LogP contribution in [0.3, 0.4) is 0 Å². The molecule has 4 atom stereocenters. The van der Waals surface area contributed by atoms with Crippen molar-refractivity contribution in [1.82, 2.24) is 0 Å². The zero-order valence-electron chi connectivity index (χ0n) is 18.1. The van der Waals surface area contributed by atoms with Crippen LogP contribution in [0.1, 0.15) is 37.5 Å². The fourth-order valence-corrected chi connectivity index (χ4v) is 4.94. The molecule has 2 heterocycles. The van der Waals surface area contributed by atoms with Gasteiger partial charge >= 0.3 is 0 Å². The number of nitrogens with zero attached hydrogens (tertiary/aromatic N) is 3.